The second kappa shape index (κ2) is 11.9. The van der Waals surface area contributed by atoms with E-state index >= 15 is 0 Å². The van der Waals surface area contributed by atoms with Gasteiger partial charge in [-0.3, -0.25) is 14.7 Å². The standard InChI is InChI=1S/C27H27FN10O4/c1-3-42-26(41)20-13-19(34-35-20)22-23-21(18(28)15-32-22)17(14-31-23)24(39)25(40)36-9-11-37(12-10-36)27(33-29)38(30-2)16-7-5-4-6-8-16/h4-8,13-15,31H,2-3,9-12,29H2,1H3,(H,34,35)/b33-27-. The minimum Gasteiger partial charge on any atom is -0.461 e. The van der Waals surface area contributed by atoms with Crippen LogP contribution in [-0.4, -0.2) is 93.1 Å². The number of anilines is 1. The third-order valence-corrected chi connectivity index (χ3v) is 6.71. The van der Waals surface area contributed by atoms with Crippen molar-refractivity contribution in [2.24, 2.45) is 16.0 Å². The Morgan fingerprint density at radius 2 is 1.88 bits per heavy atom. The molecule has 0 radical (unpaired) electrons. The van der Waals surface area contributed by atoms with Crippen LogP contribution in [0.2, 0.25) is 0 Å². The number of esters is 1. The number of nitrogens with two attached hydrogens (primary N) is 1. The van der Waals surface area contributed by atoms with Gasteiger partial charge in [0.2, 0.25) is 5.96 Å². The van der Waals surface area contributed by atoms with Crippen LogP contribution in [0.5, 0.6) is 0 Å². The number of ketones is 1. The van der Waals surface area contributed by atoms with E-state index in [1.807, 2.05) is 35.2 Å². The van der Waals surface area contributed by atoms with Crippen molar-refractivity contribution in [3.63, 3.8) is 0 Å². The van der Waals surface area contributed by atoms with Gasteiger partial charge in [0.05, 0.1) is 35.0 Å². The van der Waals surface area contributed by atoms with Crippen LogP contribution in [0.3, 0.4) is 0 Å². The average molecular weight is 575 g/mol. The highest BCUT2D eigenvalue weighted by Gasteiger charge is 2.32. The number of carbonyl (C=O) groups excluding carboxylic acids is 3. The Morgan fingerprint density at radius 1 is 1.17 bits per heavy atom. The van der Waals surface area contributed by atoms with Gasteiger partial charge in [0.25, 0.3) is 11.7 Å². The predicted octanol–water partition coefficient (Wildman–Crippen LogP) is 1.95. The molecular weight excluding hydrogens is 547 g/mol. The number of aromatic amines is 2. The summed E-state index contributed by atoms with van der Waals surface area (Å²) in [7, 11) is 0. The molecule has 0 unspecified atom stereocenters. The largest absolute Gasteiger partial charge is 0.461 e. The van der Waals surface area contributed by atoms with Crippen LogP contribution in [0.15, 0.2) is 59.0 Å². The Labute approximate surface area is 238 Å². The molecule has 15 heteroatoms. The summed E-state index contributed by atoms with van der Waals surface area (Å²) in [6.45, 7) is 6.45. The lowest BCUT2D eigenvalue weighted by molar-refractivity contribution is -0.127. The van der Waals surface area contributed by atoms with Crippen LogP contribution in [-0.2, 0) is 9.53 Å². The first-order chi connectivity index (χ1) is 20.4. The zero-order valence-electron chi connectivity index (χ0n) is 22.6. The lowest BCUT2D eigenvalue weighted by atomic mass is 10.1. The van der Waals surface area contributed by atoms with Gasteiger partial charge in [-0.1, -0.05) is 18.2 Å². The molecule has 14 nitrogen and oxygen atoms in total. The number of hydrogen-bond donors (Lipinski definition) is 3. The van der Waals surface area contributed by atoms with Crippen LogP contribution < -0.4 is 10.9 Å². The number of piperazine rings is 1. The molecule has 0 aliphatic carbocycles. The molecule has 4 N–H and O–H groups in total. The van der Waals surface area contributed by atoms with E-state index in [-0.39, 0.29) is 53.2 Å². The second-order valence-corrected chi connectivity index (χ2v) is 9.12. The summed E-state index contributed by atoms with van der Waals surface area (Å²) in [5, 5.41) is 15.9. The smallest absolute Gasteiger partial charge is 0.356 e. The molecule has 42 heavy (non-hydrogen) atoms. The van der Waals surface area contributed by atoms with Gasteiger partial charge in [-0.15, -0.1) is 5.10 Å². The zero-order chi connectivity index (χ0) is 29.8. The third-order valence-electron chi connectivity index (χ3n) is 6.71. The first-order valence-corrected chi connectivity index (χ1v) is 12.9. The number of amides is 1. The molecule has 4 heterocycles. The molecule has 5 rings (SSSR count). The summed E-state index contributed by atoms with van der Waals surface area (Å²) >= 11 is 0. The molecule has 1 amide bonds. The van der Waals surface area contributed by atoms with Crippen molar-refractivity contribution in [2.45, 2.75) is 6.92 Å². The lowest BCUT2D eigenvalue weighted by Crippen LogP contribution is -2.55. The number of guanidine groups is 1. The number of rotatable bonds is 7. The van der Waals surface area contributed by atoms with E-state index < -0.39 is 23.5 Å². The van der Waals surface area contributed by atoms with E-state index in [1.165, 1.54) is 22.2 Å². The van der Waals surface area contributed by atoms with Crippen LogP contribution in [0.1, 0.15) is 27.8 Å². The van der Waals surface area contributed by atoms with Gasteiger partial charge in [-0.05, 0) is 19.1 Å². The summed E-state index contributed by atoms with van der Waals surface area (Å²) in [6, 6.07) is 10.6. The number of ether oxygens (including phenoxy) is 1. The van der Waals surface area contributed by atoms with E-state index in [0.717, 1.165) is 6.20 Å². The van der Waals surface area contributed by atoms with Crippen molar-refractivity contribution in [3.8, 4) is 11.4 Å². The SMILES string of the molecule is C=NN(/C(=N\N)N1CCN(C(=O)C(=O)c2c[nH]c3c(-c4cc(C(=O)OCC)[nH]n4)ncc(F)c23)CC1)c1ccccc1. The molecule has 216 valence electrons. The highest BCUT2D eigenvalue weighted by Crippen LogP contribution is 2.30. The Morgan fingerprint density at radius 3 is 2.55 bits per heavy atom. The fourth-order valence-electron chi connectivity index (χ4n) is 4.71. The van der Waals surface area contributed by atoms with E-state index in [2.05, 4.69) is 37.1 Å². The molecule has 1 fully saturated rings. The van der Waals surface area contributed by atoms with Gasteiger partial charge in [0, 0.05) is 45.2 Å². The third kappa shape index (κ3) is 5.14. The number of para-hydroxylation sites is 1. The van der Waals surface area contributed by atoms with Gasteiger partial charge >= 0.3 is 5.97 Å². The summed E-state index contributed by atoms with van der Waals surface area (Å²) in [5.41, 5.74) is 1.21. The van der Waals surface area contributed by atoms with Crippen molar-refractivity contribution in [1.29, 1.82) is 0 Å². The number of fused-ring (bicyclic) bond motifs is 1. The molecule has 4 aromatic rings. The highest BCUT2D eigenvalue weighted by molar-refractivity contribution is 6.45. The maximum atomic E-state index is 15.0. The first kappa shape index (κ1) is 27.9. The molecule has 1 aliphatic rings. The topological polar surface area (TPSA) is 178 Å². The number of H-pyrrole nitrogens is 2. The molecule has 3 aromatic heterocycles. The number of aromatic nitrogens is 4. The van der Waals surface area contributed by atoms with E-state index in [1.54, 1.807) is 6.92 Å². The Kier molecular flexibility index (Phi) is 7.90. The number of nitrogens with zero attached hydrogens (tertiary/aromatic N) is 7. The quantitative estimate of drug-likeness (QED) is 0.0566. The lowest BCUT2D eigenvalue weighted by Gasteiger charge is -2.37. The molecule has 0 saturated carbocycles. The molecule has 0 atom stereocenters. The second-order valence-electron chi connectivity index (χ2n) is 9.12. The molecule has 0 bridgehead atoms. The van der Waals surface area contributed by atoms with Crippen LogP contribution in [0.25, 0.3) is 22.3 Å². The van der Waals surface area contributed by atoms with Crippen LogP contribution in [0.4, 0.5) is 10.1 Å². The maximum absolute atomic E-state index is 15.0. The van der Waals surface area contributed by atoms with Crippen LogP contribution in [0, 0.1) is 5.82 Å². The summed E-state index contributed by atoms with van der Waals surface area (Å²) in [5.74, 6) is 2.94. The Bertz CT molecular complexity index is 1670. The van der Waals surface area contributed by atoms with Crippen molar-refractivity contribution in [3.05, 3.63) is 65.9 Å². The van der Waals surface area contributed by atoms with Crippen molar-refractivity contribution >= 4 is 46.9 Å². The van der Waals surface area contributed by atoms with Crippen molar-refractivity contribution < 1.29 is 23.5 Å². The fraction of sp³-hybridized carbons (Fsp3) is 0.222. The average Bonchev–Trinajstić information content (AvgIpc) is 3.69. The minimum absolute atomic E-state index is 0.0851. The number of Topliss-reactive ketones (excluding diaryl/α,β-unsaturated/α-hetero) is 1. The number of halogens is 1. The molecule has 1 aromatic carbocycles. The molecular formula is C27H27FN10O4. The Balaban J connectivity index is 1.33. The van der Waals surface area contributed by atoms with Gasteiger partial charge in [-0.25, -0.2) is 14.2 Å². The number of benzene rings is 1. The molecule has 1 saturated heterocycles. The van der Waals surface area contributed by atoms with Crippen molar-refractivity contribution in [1.82, 2.24) is 30.0 Å². The normalized spacial score (nSPS) is 13.7. The molecule has 1 aliphatic heterocycles. The maximum Gasteiger partial charge on any atom is 0.356 e. The van der Waals surface area contributed by atoms with E-state index in [4.69, 9.17) is 10.6 Å². The predicted molar refractivity (Wildman–Crippen MR) is 152 cm³/mol. The molecule has 0 spiro atoms. The Hall–Kier alpha value is -5.60. The zero-order valence-corrected chi connectivity index (χ0v) is 22.6. The minimum atomic E-state index is -0.883. The van der Waals surface area contributed by atoms with Crippen molar-refractivity contribution in [2.75, 3.05) is 37.8 Å². The number of hydrogen-bond acceptors (Lipinski definition) is 9. The van der Waals surface area contributed by atoms with Gasteiger partial charge in [-0.2, -0.15) is 15.2 Å². The summed E-state index contributed by atoms with van der Waals surface area (Å²) < 4.78 is 19.9. The number of pyridine rings is 1. The summed E-state index contributed by atoms with van der Waals surface area (Å²) in [6.07, 6.45) is 2.20. The number of hydrazone groups is 2. The van der Waals surface area contributed by atoms with Gasteiger partial charge in [0.1, 0.15) is 17.1 Å². The van der Waals surface area contributed by atoms with Gasteiger partial charge < -0.3 is 25.4 Å². The van der Waals surface area contributed by atoms with Gasteiger partial charge in [0.15, 0.2) is 5.82 Å². The fourth-order valence-corrected chi connectivity index (χ4v) is 4.71. The van der Waals surface area contributed by atoms with E-state index in [9.17, 15) is 18.8 Å². The highest BCUT2D eigenvalue weighted by atomic mass is 19.1. The number of nitrogens with one attached hydrogen (secondary N) is 2. The van der Waals surface area contributed by atoms with Crippen LogP contribution >= 0.6 is 0 Å². The number of carbonyl (C=O) groups is 3. The van der Waals surface area contributed by atoms with E-state index in [0.29, 0.717) is 24.7 Å². The summed E-state index contributed by atoms with van der Waals surface area (Å²) in [4.78, 5) is 48.7. The first-order valence-electron chi connectivity index (χ1n) is 12.9. The monoisotopic (exact) mass is 574 g/mol.